The number of pyridine rings is 1. The SMILES string of the molecule is CC[C@H](c1nnnn1C1CCCCC1)N(CCCO)Cc1cc2cc(C)cc(C)c2[nH]c1=O. The normalized spacial score (nSPS) is 16.0. The van der Waals surface area contributed by atoms with E-state index in [0.29, 0.717) is 25.6 Å². The molecule has 0 aliphatic heterocycles. The lowest BCUT2D eigenvalue weighted by atomic mass is 9.95. The van der Waals surface area contributed by atoms with Gasteiger partial charge >= 0.3 is 0 Å². The van der Waals surface area contributed by atoms with Gasteiger partial charge in [0.2, 0.25) is 0 Å². The van der Waals surface area contributed by atoms with E-state index in [1.807, 2.05) is 17.7 Å². The minimum atomic E-state index is -0.0647. The lowest BCUT2D eigenvalue weighted by Gasteiger charge is -2.32. The van der Waals surface area contributed by atoms with Crippen molar-refractivity contribution in [2.45, 2.75) is 84.3 Å². The molecule has 33 heavy (non-hydrogen) atoms. The molecular weight excluding hydrogens is 416 g/mol. The number of aromatic amines is 1. The molecule has 178 valence electrons. The second-order valence-corrected chi connectivity index (χ2v) is 9.41. The van der Waals surface area contributed by atoms with Crippen LogP contribution in [0.3, 0.4) is 0 Å². The number of H-pyrrole nitrogens is 1. The third-order valence-electron chi connectivity index (χ3n) is 6.91. The van der Waals surface area contributed by atoms with Crippen molar-refractivity contribution in [2.75, 3.05) is 13.2 Å². The van der Waals surface area contributed by atoms with E-state index in [1.54, 1.807) is 0 Å². The predicted molar refractivity (Wildman–Crippen MR) is 129 cm³/mol. The molecule has 1 saturated carbocycles. The van der Waals surface area contributed by atoms with Crippen LogP contribution in [0.5, 0.6) is 0 Å². The third-order valence-corrected chi connectivity index (χ3v) is 6.91. The Morgan fingerprint density at radius 2 is 2.00 bits per heavy atom. The standard InChI is InChI=1S/C25H36N6O2/c1-4-22(24-27-28-29-31(24)21-9-6-5-7-10-21)30(11-8-12-32)16-20-15-19-14-17(2)13-18(3)23(19)26-25(20)33/h13-15,21-22,32H,4-12,16H2,1-3H3,(H,26,33)/t22-/m1/s1. The molecule has 1 aliphatic rings. The van der Waals surface area contributed by atoms with Crippen LogP contribution in [0.1, 0.15) is 86.5 Å². The molecule has 4 rings (SSSR count). The first-order valence-corrected chi connectivity index (χ1v) is 12.3. The van der Waals surface area contributed by atoms with Gasteiger partial charge < -0.3 is 10.1 Å². The average molecular weight is 453 g/mol. The molecule has 8 nitrogen and oxygen atoms in total. The van der Waals surface area contributed by atoms with Gasteiger partial charge in [0.05, 0.1) is 17.6 Å². The Labute approximate surface area is 195 Å². The molecule has 0 radical (unpaired) electrons. The second kappa shape index (κ2) is 10.6. The summed E-state index contributed by atoms with van der Waals surface area (Å²) in [4.78, 5) is 18.4. The van der Waals surface area contributed by atoms with Crippen molar-refractivity contribution in [1.82, 2.24) is 30.1 Å². The van der Waals surface area contributed by atoms with Crippen molar-refractivity contribution < 1.29 is 5.11 Å². The molecule has 0 amide bonds. The Balaban J connectivity index is 1.68. The maximum atomic E-state index is 13.0. The fourth-order valence-electron chi connectivity index (χ4n) is 5.30. The minimum Gasteiger partial charge on any atom is -0.396 e. The topological polar surface area (TPSA) is 99.9 Å². The summed E-state index contributed by atoms with van der Waals surface area (Å²) in [5.41, 5.74) is 3.80. The second-order valence-electron chi connectivity index (χ2n) is 9.41. The van der Waals surface area contributed by atoms with E-state index in [9.17, 15) is 9.90 Å². The van der Waals surface area contributed by atoms with Gasteiger partial charge in [0.1, 0.15) is 0 Å². The molecule has 3 aromatic rings. The van der Waals surface area contributed by atoms with Crippen LogP contribution in [0.4, 0.5) is 0 Å². The van der Waals surface area contributed by atoms with Gasteiger partial charge in [-0.3, -0.25) is 9.69 Å². The highest BCUT2D eigenvalue weighted by Crippen LogP contribution is 2.32. The number of aromatic nitrogens is 5. The summed E-state index contributed by atoms with van der Waals surface area (Å²) in [6, 6.07) is 6.52. The molecular formula is C25H36N6O2. The number of nitrogens with zero attached hydrogens (tertiary/aromatic N) is 5. The number of aliphatic hydroxyl groups is 1. The third kappa shape index (κ3) is 5.17. The van der Waals surface area contributed by atoms with Gasteiger partial charge in [-0.05, 0) is 73.0 Å². The monoisotopic (exact) mass is 452 g/mol. The number of rotatable bonds is 9. The zero-order valence-corrected chi connectivity index (χ0v) is 20.0. The number of aliphatic hydroxyl groups excluding tert-OH is 1. The van der Waals surface area contributed by atoms with Crippen molar-refractivity contribution in [3.63, 3.8) is 0 Å². The Morgan fingerprint density at radius 3 is 2.73 bits per heavy atom. The van der Waals surface area contributed by atoms with E-state index in [1.165, 1.54) is 24.8 Å². The number of hydrogen-bond acceptors (Lipinski definition) is 6. The summed E-state index contributed by atoms with van der Waals surface area (Å²) >= 11 is 0. The average Bonchev–Trinajstić information content (AvgIpc) is 3.29. The Hall–Kier alpha value is -2.58. The van der Waals surface area contributed by atoms with E-state index in [4.69, 9.17) is 0 Å². The van der Waals surface area contributed by atoms with Crippen LogP contribution in [0.15, 0.2) is 23.0 Å². The molecule has 2 N–H and O–H groups in total. The van der Waals surface area contributed by atoms with Crippen LogP contribution in [0.2, 0.25) is 0 Å². The molecule has 0 bridgehead atoms. The van der Waals surface area contributed by atoms with Crippen LogP contribution in [0, 0.1) is 13.8 Å². The molecule has 2 aromatic heterocycles. The summed E-state index contributed by atoms with van der Waals surface area (Å²) < 4.78 is 2.02. The van der Waals surface area contributed by atoms with Crippen molar-refractivity contribution in [1.29, 1.82) is 0 Å². The summed E-state index contributed by atoms with van der Waals surface area (Å²) in [6.45, 7) is 7.48. The predicted octanol–water partition coefficient (Wildman–Crippen LogP) is 3.97. The highest BCUT2D eigenvalue weighted by molar-refractivity contribution is 5.82. The minimum absolute atomic E-state index is 0.0252. The first kappa shape index (κ1) is 23.6. The van der Waals surface area contributed by atoms with Gasteiger partial charge in [0, 0.05) is 25.3 Å². The van der Waals surface area contributed by atoms with E-state index < -0.39 is 0 Å². The Morgan fingerprint density at radius 1 is 1.21 bits per heavy atom. The van der Waals surface area contributed by atoms with E-state index in [2.05, 4.69) is 51.4 Å². The zero-order chi connectivity index (χ0) is 23.4. The molecule has 1 fully saturated rings. The first-order valence-electron chi connectivity index (χ1n) is 12.3. The number of hydrogen-bond donors (Lipinski definition) is 2. The van der Waals surface area contributed by atoms with E-state index in [-0.39, 0.29) is 18.2 Å². The van der Waals surface area contributed by atoms with Crippen LogP contribution in [0.25, 0.3) is 10.9 Å². The maximum absolute atomic E-state index is 13.0. The number of aryl methyl sites for hydroxylation is 2. The fourth-order valence-corrected chi connectivity index (χ4v) is 5.30. The molecule has 2 heterocycles. The summed E-state index contributed by atoms with van der Waals surface area (Å²) in [7, 11) is 0. The highest BCUT2D eigenvalue weighted by Gasteiger charge is 2.28. The van der Waals surface area contributed by atoms with Crippen molar-refractivity contribution >= 4 is 10.9 Å². The van der Waals surface area contributed by atoms with Gasteiger partial charge in [-0.15, -0.1) is 5.10 Å². The largest absolute Gasteiger partial charge is 0.396 e. The van der Waals surface area contributed by atoms with E-state index in [0.717, 1.165) is 47.1 Å². The lowest BCUT2D eigenvalue weighted by Crippen LogP contribution is -2.34. The summed E-state index contributed by atoms with van der Waals surface area (Å²) in [6.07, 6.45) is 7.35. The fraction of sp³-hybridized carbons (Fsp3) is 0.600. The highest BCUT2D eigenvalue weighted by atomic mass is 16.3. The van der Waals surface area contributed by atoms with Crippen LogP contribution in [-0.4, -0.2) is 48.3 Å². The molecule has 0 spiro atoms. The Kier molecular flexibility index (Phi) is 7.55. The van der Waals surface area contributed by atoms with Gasteiger partial charge in [-0.1, -0.05) is 37.8 Å². The molecule has 0 saturated heterocycles. The smallest absolute Gasteiger partial charge is 0.252 e. The first-order chi connectivity index (χ1) is 16.0. The van der Waals surface area contributed by atoms with Crippen molar-refractivity contribution in [3.05, 3.63) is 51.1 Å². The summed E-state index contributed by atoms with van der Waals surface area (Å²) in [5, 5.41) is 23.4. The molecule has 1 aliphatic carbocycles. The van der Waals surface area contributed by atoms with Gasteiger partial charge in [-0.2, -0.15) is 0 Å². The lowest BCUT2D eigenvalue weighted by molar-refractivity contribution is 0.147. The summed E-state index contributed by atoms with van der Waals surface area (Å²) in [5.74, 6) is 0.867. The van der Waals surface area contributed by atoms with E-state index >= 15 is 0 Å². The van der Waals surface area contributed by atoms with Gasteiger partial charge in [-0.25, -0.2) is 4.68 Å². The molecule has 1 atom stereocenters. The molecule has 0 unspecified atom stereocenters. The van der Waals surface area contributed by atoms with Crippen LogP contribution >= 0.6 is 0 Å². The van der Waals surface area contributed by atoms with Crippen molar-refractivity contribution in [2.24, 2.45) is 0 Å². The maximum Gasteiger partial charge on any atom is 0.252 e. The number of tetrazole rings is 1. The number of fused-ring (bicyclic) bond motifs is 1. The molecule has 1 aromatic carbocycles. The quantitative estimate of drug-likeness (QED) is 0.510. The number of benzene rings is 1. The van der Waals surface area contributed by atoms with Gasteiger partial charge in [0.25, 0.3) is 5.56 Å². The van der Waals surface area contributed by atoms with Crippen LogP contribution in [-0.2, 0) is 6.54 Å². The Bertz CT molecular complexity index is 1130. The zero-order valence-electron chi connectivity index (χ0n) is 20.0. The molecule has 8 heteroatoms. The van der Waals surface area contributed by atoms with Crippen LogP contribution < -0.4 is 5.56 Å². The number of nitrogens with one attached hydrogen (secondary N) is 1. The van der Waals surface area contributed by atoms with Crippen molar-refractivity contribution in [3.8, 4) is 0 Å². The van der Waals surface area contributed by atoms with Gasteiger partial charge in [0.15, 0.2) is 5.82 Å².